The highest BCUT2D eigenvalue weighted by molar-refractivity contribution is 7.13. The zero-order valence-electron chi connectivity index (χ0n) is 16.9. The van der Waals surface area contributed by atoms with Crippen LogP contribution in [0.15, 0.2) is 65.2 Å². The van der Waals surface area contributed by atoms with Crippen LogP contribution < -0.4 is 5.56 Å². The van der Waals surface area contributed by atoms with Crippen LogP contribution in [0.4, 0.5) is 4.39 Å². The summed E-state index contributed by atoms with van der Waals surface area (Å²) in [6.07, 6.45) is 3.09. The van der Waals surface area contributed by atoms with Gasteiger partial charge in [-0.05, 0) is 61.4 Å². The Morgan fingerprint density at radius 2 is 1.81 bits per heavy atom. The van der Waals surface area contributed by atoms with Crippen LogP contribution in [0.3, 0.4) is 0 Å². The highest BCUT2D eigenvalue weighted by Gasteiger charge is 2.13. The third kappa shape index (κ3) is 3.66. The van der Waals surface area contributed by atoms with E-state index in [1.54, 1.807) is 23.0 Å². The van der Waals surface area contributed by atoms with Crippen molar-refractivity contribution in [1.29, 1.82) is 0 Å². The number of rotatable bonds is 4. The van der Waals surface area contributed by atoms with E-state index in [1.165, 1.54) is 34.4 Å². The molecular formula is C23H18FN5OS. The van der Waals surface area contributed by atoms with E-state index in [0.717, 1.165) is 33.1 Å². The molecule has 0 aliphatic heterocycles. The summed E-state index contributed by atoms with van der Waals surface area (Å²) < 4.78 is 16.4. The first-order chi connectivity index (χ1) is 15.0. The van der Waals surface area contributed by atoms with Crippen LogP contribution in [0.2, 0.25) is 0 Å². The van der Waals surface area contributed by atoms with Gasteiger partial charge in [0.1, 0.15) is 22.5 Å². The third-order valence-electron chi connectivity index (χ3n) is 4.98. The predicted octanol–water partition coefficient (Wildman–Crippen LogP) is 4.51. The lowest BCUT2D eigenvalue weighted by atomic mass is 10.1. The number of nitrogens with zero attached hydrogens (tertiary/aromatic N) is 5. The van der Waals surface area contributed by atoms with E-state index >= 15 is 0 Å². The molecule has 0 amide bonds. The summed E-state index contributed by atoms with van der Waals surface area (Å²) in [6, 6.07) is 12.3. The Bertz CT molecular complexity index is 1450. The molecule has 2 aromatic carbocycles. The molecular weight excluding hydrogens is 413 g/mol. The topological polar surface area (TPSA) is 65.6 Å². The van der Waals surface area contributed by atoms with Gasteiger partial charge >= 0.3 is 0 Å². The maximum atomic E-state index is 13.1. The lowest BCUT2D eigenvalue weighted by Crippen LogP contribution is -2.21. The minimum atomic E-state index is -0.284. The lowest BCUT2D eigenvalue weighted by molar-refractivity contribution is 0.628. The second-order valence-corrected chi connectivity index (χ2v) is 8.33. The van der Waals surface area contributed by atoms with E-state index in [4.69, 9.17) is 0 Å². The molecule has 0 aliphatic carbocycles. The molecule has 0 N–H and O–H groups in total. The van der Waals surface area contributed by atoms with Crippen LogP contribution >= 0.6 is 11.3 Å². The first-order valence-electron chi connectivity index (χ1n) is 9.70. The zero-order valence-corrected chi connectivity index (χ0v) is 17.7. The molecule has 31 heavy (non-hydrogen) atoms. The summed E-state index contributed by atoms with van der Waals surface area (Å²) in [7, 11) is 0. The van der Waals surface area contributed by atoms with E-state index < -0.39 is 0 Å². The molecule has 0 unspecified atom stereocenters. The fraction of sp³-hybridized carbons (Fsp3) is 0.130. The summed E-state index contributed by atoms with van der Waals surface area (Å²) in [4.78, 5) is 22.1. The summed E-state index contributed by atoms with van der Waals surface area (Å²) in [5.74, 6) is -0.284. The van der Waals surface area contributed by atoms with Crippen molar-refractivity contribution in [2.45, 2.75) is 20.4 Å². The molecule has 3 aromatic heterocycles. The molecule has 0 aliphatic rings. The molecule has 0 spiro atoms. The molecule has 0 atom stereocenters. The fourth-order valence-electron chi connectivity index (χ4n) is 3.60. The Kier molecular flexibility index (Phi) is 4.71. The maximum absolute atomic E-state index is 13.1. The van der Waals surface area contributed by atoms with Crippen molar-refractivity contribution in [2.24, 2.45) is 0 Å². The lowest BCUT2D eigenvalue weighted by Gasteiger charge is -2.07. The normalized spacial score (nSPS) is 11.3. The van der Waals surface area contributed by atoms with Crippen molar-refractivity contribution in [2.75, 3.05) is 0 Å². The molecule has 6 nitrogen and oxygen atoms in total. The summed E-state index contributed by atoms with van der Waals surface area (Å²) in [5.41, 5.74) is 5.05. The van der Waals surface area contributed by atoms with Crippen LogP contribution in [0, 0.1) is 19.7 Å². The largest absolute Gasteiger partial charge is 0.292 e. The van der Waals surface area contributed by atoms with Crippen LogP contribution in [-0.4, -0.2) is 24.3 Å². The number of thiazole rings is 1. The second kappa shape index (κ2) is 7.55. The van der Waals surface area contributed by atoms with E-state index in [1.807, 2.05) is 31.4 Å². The van der Waals surface area contributed by atoms with Gasteiger partial charge in [0.05, 0.1) is 24.1 Å². The summed E-state index contributed by atoms with van der Waals surface area (Å²) in [5, 5.41) is 7.53. The molecule has 0 saturated heterocycles. The number of fused-ring (bicyclic) bond motifs is 1. The highest BCUT2D eigenvalue weighted by atomic mass is 32.1. The Morgan fingerprint density at radius 3 is 2.55 bits per heavy atom. The smallest absolute Gasteiger partial charge is 0.264 e. The first-order valence-corrected chi connectivity index (χ1v) is 10.6. The SMILES string of the molecule is Cc1cc(C)cc(-n2ncc3c(=O)n(Cc4csc(-c5ccc(F)cc5)n4)cnc32)c1. The van der Waals surface area contributed by atoms with Gasteiger partial charge in [-0.15, -0.1) is 11.3 Å². The molecule has 0 bridgehead atoms. The molecule has 3 heterocycles. The molecule has 0 radical (unpaired) electrons. The molecule has 0 fully saturated rings. The summed E-state index contributed by atoms with van der Waals surface area (Å²) >= 11 is 1.46. The number of halogens is 1. The van der Waals surface area contributed by atoms with E-state index in [9.17, 15) is 9.18 Å². The fourth-order valence-corrected chi connectivity index (χ4v) is 4.42. The highest BCUT2D eigenvalue weighted by Crippen LogP contribution is 2.24. The van der Waals surface area contributed by atoms with Crippen LogP contribution in [-0.2, 0) is 6.54 Å². The number of aryl methyl sites for hydroxylation is 2. The molecule has 5 rings (SSSR count). The predicted molar refractivity (Wildman–Crippen MR) is 119 cm³/mol. The number of hydrogen-bond donors (Lipinski definition) is 0. The second-order valence-electron chi connectivity index (χ2n) is 7.47. The average Bonchev–Trinajstić information content (AvgIpc) is 3.37. The zero-order chi connectivity index (χ0) is 21.5. The Balaban J connectivity index is 1.47. The average molecular weight is 431 g/mol. The molecule has 154 valence electrons. The van der Waals surface area contributed by atoms with Gasteiger partial charge in [-0.25, -0.2) is 19.0 Å². The minimum absolute atomic E-state index is 0.169. The van der Waals surface area contributed by atoms with Gasteiger partial charge in [-0.3, -0.25) is 9.36 Å². The number of aromatic nitrogens is 5. The number of hydrogen-bond acceptors (Lipinski definition) is 5. The van der Waals surface area contributed by atoms with E-state index in [0.29, 0.717) is 17.6 Å². The van der Waals surface area contributed by atoms with Gasteiger partial charge in [0.25, 0.3) is 5.56 Å². The molecule has 8 heteroatoms. The minimum Gasteiger partial charge on any atom is -0.292 e. The van der Waals surface area contributed by atoms with Gasteiger partial charge in [0, 0.05) is 10.9 Å². The van der Waals surface area contributed by atoms with Crippen molar-refractivity contribution in [1.82, 2.24) is 24.3 Å². The number of benzene rings is 2. The monoisotopic (exact) mass is 431 g/mol. The van der Waals surface area contributed by atoms with Crippen molar-refractivity contribution in [3.63, 3.8) is 0 Å². The van der Waals surface area contributed by atoms with Gasteiger partial charge in [-0.1, -0.05) is 6.07 Å². The standard InChI is InChI=1S/C23H18FN5OS/c1-14-7-15(2)9-19(8-14)29-21-20(10-26-29)23(30)28(13-25-21)11-18-12-31-22(27-18)16-3-5-17(24)6-4-16/h3-10,12-13H,11H2,1-2H3. The summed E-state index contributed by atoms with van der Waals surface area (Å²) in [6.45, 7) is 4.35. The van der Waals surface area contributed by atoms with E-state index in [2.05, 4.69) is 21.1 Å². The van der Waals surface area contributed by atoms with Gasteiger partial charge in [-0.2, -0.15) is 5.10 Å². The van der Waals surface area contributed by atoms with Crippen LogP contribution in [0.1, 0.15) is 16.8 Å². The Labute approximate surface area is 181 Å². The van der Waals surface area contributed by atoms with Crippen molar-refractivity contribution >= 4 is 22.4 Å². The molecule has 0 saturated carbocycles. The first kappa shape index (κ1) is 19.3. The Hall–Kier alpha value is -3.65. The van der Waals surface area contributed by atoms with E-state index in [-0.39, 0.29) is 11.4 Å². The van der Waals surface area contributed by atoms with Crippen molar-refractivity contribution in [3.8, 4) is 16.3 Å². The maximum Gasteiger partial charge on any atom is 0.264 e. The Morgan fingerprint density at radius 1 is 1.06 bits per heavy atom. The van der Waals surface area contributed by atoms with Crippen LogP contribution in [0.25, 0.3) is 27.3 Å². The van der Waals surface area contributed by atoms with Gasteiger partial charge in [0.2, 0.25) is 0 Å². The third-order valence-corrected chi connectivity index (χ3v) is 5.92. The van der Waals surface area contributed by atoms with Crippen LogP contribution in [0.5, 0.6) is 0 Å². The van der Waals surface area contributed by atoms with Gasteiger partial charge < -0.3 is 0 Å². The van der Waals surface area contributed by atoms with Crippen molar-refractivity contribution < 1.29 is 4.39 Å². The molecule has 5 aromatic rings. The van der Waals surface area contributed by atoms with Crippen molar-refractivity contribution in [3.05, 3.63) is 93.4 Å². The van der Waals surface area contributed by atoms with Gasteiger partial charge in [0.15, 0.2) is 5.65 Å². The quantitative estimate of drug-likeness (QED) is 0.420.